The third-order valence-corrected chi connectivity index (χ3v) is 3.87. The van der Waals surface area contributed by atoms with Gasteiger partial charge in [0.05, 0.1) is 11.1 Å². The number of amides is 3. The number of hydrogen-bond donors (Lipinski definition) is 2. The number of hydrogen-bond acceptors (Lipinski definition) is 4. The Morgan fingerprint density at radius 2 is 1.83 bits per heavy atom. The van der Waals surface area contributed by atoms with Gasteiger partial charge in [0.25, 0.3) is 11.8 Å². The number of carbonyl (C=O) groups is 3. The van der Waals surface area contributed by atoms with E-state index in [1.807, 2.05) is 6.92 Å². The second kappa shape index (κ2) is 7.37. The molecular weight excluding hydrogens is 294 g/mol. The number of rotatable bonds is 7. The lowest BCUT2D eigenvalue weighted by atomic mass is 10.1. The van der Waals surface area contributed by atoms with Crippen LogP contribution in [0, 0.1) is 6.92 Å². The van der Waals surface area contributed by atoms with E-state index in [-0.39, 0.29) is 5.91 Å². The highest BCUT2D eigenvalue weighted by molar-refractivity contribution is 6.22. The highest BCUT2D eigenvalue weighted by Crippen LogP contribution is 2.25. The van der Waals surface area contributed by atoms with Gasteiger partial charge >= 0.3 is 0 Å². The molecule has 1 aromatic rings. The van der Waals surface area contributed by atoms with Gasteiger partial charge in [-0.25, -0.2) is 0 Å². The van der Waals surface area contributed by atoms with Gasteiger partial charge in [0.1, 0.15) is 6.04 Å². The van der Waals surface area contributed by atoms with Gasteiger partial charge in [-0.1, -0.05) is 18.6 Å². The largest absolute Gasteiger partial charge is 0.353 e. The predicted octanol–water partition coefficient (Wildman–Crippen LogP) is 1.10. The molecule has 0 saturated heterocycles. The number of imide groups is 1. The van der Waals surface area contributed by atoms with Gasteiger partial charge in [-0.2, -0.15) is 0 Å². The van der Waals surface area contributed by atoms with Crippen LogP contribution >= 0.6 is 0 Å². The van der Waals surface area contributed by atoms with Crippen LogP contribution in [0.2, 0.25) is 0 Å². The minimum atomic E-state index is -0.825. The molecule has 23 heavy (non-hydrogen) atoms. The summed E-state index contributed by atoms with van der Waals surface area (Å²) in [6.07, 6.45) is 1.03. The zero-order valence-corrected chi connectivity index (χ0v) is 13.8. The Bertz CT molecular complexity index is 628. The van der Waals surface area contributed by atoms with E-state index in [2.05, 4.69) is 17.6 Å². The van der Waals surface area contributed by atoms with Crippen molar-refractivity contribution in [1.82, 2.24) is 15.5 Å². The number of nitrogens with one attached hydrogen (secondary N) is 2. The predicted molar refractivity (Wildman–Crippen MR) is 87.3 cm³/mol. The highest BCUT2D eigenvalue weighted by Gasteiger charge is 2.40. The number of carbonyl (C=O) groups excluding carboxylic acids is 3. The smallest absolute Gasteiger partial charge is 0.262 e. The summed E-state index contributed by atoms with van der Waals surface area (Å²) in [4.78, 5) is 38.1. The van der Waals surface area contributed by atoms with Crippen LogP contribution in [0.5, 0.6) is 0 Å². The van der Waals surface area contributed by atoms with Gasteiger partial charge in [-0.05, 0) is 38.9 Å². The first-order valence-corrected chi connectivity index (χ1v) is 7.94. The molecule has 1 unspecified atom stereocenters. The highest BCUT2D eigenvalue weighted by atomic mass is 16.2. The zero-order valence-electron chi connectivity index (χ0n) is 13.8. The van der Waals surface area contributed by atoms with Crippen LogP contribution in [-0.2, 0) is 4.79 Å². The summed E-state index contributed by atoms with van der Waals surface area (Å²) < 4.78 is 0. The molecule has 0 fully saturated rings. The molecule has 1 aliphatic rings. The molecule has 2 N–H and O–H groups in total. The molecule has 0 aliphatic carbocycles. The summed E-state index contributed by atoms with van der Waals surface area (Å²) in [5, 5.41) is 5.92. The van der Waals surface area contributed by atoms with E-state index in [9.17, 15) is 14.4 Å². The molecule has 1 aliphatic heterocycles. The summed E-state index contributed by atoms with van der Waals surface area (Å²) in [5.41, 5.74) is 1.65. The minimum absolute atomic E-state index is 0.325. The maximum absolute atomic E-state index is 12.4. The first-order valence-electron chi connectivity index (χ1n) is 7.94. The van der Waals surface area contributed by atoms with Crippen molar-refractivity contribution in [3.63, 3.8) is 0 Å². The molecule has 1 atom stereocenters. The van der Waals surface area contributed by atoms with Crippen molar-refractivity contribution in [2.75, 3.05) is 19.6 Å². The summed E-state index contributed by atoms with van der Waals surface area (Å²) >= 11 is 0. The van der Waals surface area contributed by atoms with E-state index in [4.69, 9.17) is 0 Å². The Hall–Kier alpha value is -2.21. The number of nitrogens with zero attached hydrogens (tertiary/aromatic N) is 1. The number of benzene rings is 1. The Labute approximate surface area is 136 Å². The lowest BCUT2D eigenvalue weighted by Crippen LogP contribution is -2.48. The van der Waals surface area contributed by atoms with Crippen molar-refractivity contribution in [3.05, 3.63) is 34.9 Å². The van der Waals surface area contributed by atoms with Crippen LogP contribution in [0.1, 0.15) is 46.5 Å². The second-order valence-corrected chi connectivity index (χ2v) is 5.75. The standard InChI is InChI=1S/C17H23N3O3/c1-4-7-18-8-9-19-15(21)12(3)20-16(22)13-6-5-11(2)10-14(13)17(20)23/h5-6,10,12,18H,4,7-9H2,1-3H3,(H,19,21). The third-order valence-electron chi connectivity index (χ3n) is 3.87. The molecular formula is C17H23N3O3. The van der Waals surface area contributed by atoms with Gasteiger partial charge in [0.2, 0.25) is 5.91 Å². The van der Waals surface area contributed by atoms with Crippen LogP contribution in [0.15, 0.2) is 18.2 Å². The molecule has 0 radical (unpaired) electrons. The van der Waals surface area contributed by atoms with Crippen molar-refractivity contribution >= 4 is 17.7 Å². The Balaban J connectivity index is 2.00. The Morgan fingerprint density at radius 3 is 2.52 bits per heavy atom. The van der Waals surface area contributed by atoms with Gasteiger partial charge < -0.3 is 10.6 Å². The number of aryl methyl sites for hydroxylation is 1. The average molecular weight is 317 g/mol. The summed E-state index contributed by atoms with van der Waals surface area (Å²) in [5.74, 6) is -1.13. The topological polar surface area (TPSA) is 78.5 Å². The maximum Gasteiger partial charge on any atom is 0.262 e. The van der Waals surface area contributed by atoms with E-state index < -0.39 is 17.9 Å². The molecule has 1 heterocycles. The zero-order chi connectivity index (χ0) is 17.0. The molecule has 0 saturated carbocycles. The first kappa shape index (κ1) is 17.1. The van der Waals surface area contributed by atoms with Gasteiger partial charge in [0.15, 0.2) is 0 Å². The SMILES string of the molecule is CCCNCCNC(=O)C(C)N1C(=O)c2ccc(C)cc2C1=O. The Kier molecular flexibility index (Phi) is 5.50. The van der Waals surface area contributed by atoms with Crippen molar-refractivity contribution < 1.29 is 14.4 Å². The fourth-order valence-electron chi connectivity index (χ4n) is 2.57. The molecule has 124 valence electrons. The van der Waals surface area contributed by atoms with Gasteiger partial charge in [-0.15, -0.1) is 0 Å². The van der Waals surface area contributed by atoms with Crippen molar-refractivity contribution in [3.8, 4) is 0 Å². The van der Waals surface area contributed by atoms with Crippen molar-refractivity contribution in [2.45, 2.75) is 33.2 Å². The lowest BCUT2D eigenvalue weighted by molar-refractivity contribution is -0.124. The average Bonchev–Trinajstić information content (AvgIpc) is 2.77. The molecule has 2 rings (SSSR count). The quantitative estimate of drug-likeness (QED) is 0.583. The van der Waals surface area contributed by atoms with E-state index in [0.29, 0.717) is 24.2 Å². The lowest BCUT2D eigenvalue weighted by Gasteiger charge is -2.21. The van der Waals surface area contributed by atoms with Gasteiger partial charge in [0, 0.05) is 13.1 Å². The van der Waals surface area contributed by atoms with E-state index in [1.165, 1.54) is 0 Å². The summed E-state index contributed by atoms with van der Waals surface area (Å²) in [6.45, 7) is 7.52. The van der Waals surface area contributed by atoms with E-state index in [1.54, 1.807) is 25.1 Å². The molecule has 6 heteroatoms. The van der Waals surface area contributed by atoms with Crippen LogP contribution in [0.25, 0.3) is 0 Å². The fraction of sp³-hybridized carbons (Fsp3) is 0.471. The fourth-order valence-corrected chi connectivity index (χ4v) is 2.57. The van der Waals surface area contributed by atoms with Crippen LogP contribution in [0.4, 0.5) is 0 Å². The maximum atomic E-state index is 12.4. The first-order chi connectivity index (χ1) is 11.0. The molecule has 1 aromatic carbocycles. The normalized spacial score (nSPS) is 14.8. The minimum Gasteiger partial charge on any atom is -0.353 e. The van der Waals surface area contributed by atoms with Crippen LogP contribution in [-0.4, -0.2) is 48.3 Å². The van der Waals surface area contributed by atoms with Crippen LogP contribution < -0.4 is 10.6 Å². The van der Waals surface area contributed by atoms with Crippen molar-refractivity contribution in [1.29, 1.82) is 0 Å². The third kappa shape index (κ3) is 3.59. The molecule has 3 amide bonds. The van der Waals surface area contributed by atoms with Crippen molar-refractivity contribution in [2.24, 2.45) is 0 Å². The molecule has 0 spiro atoms. The summed E-state index contributed by atoms with van der Waals surface area (Å²) in [7, 11) is 0. The van der Waals surface area contributed by atoms with Gasteiger partial charge in [-0.3, -0.25) is 19.3 Å². The molecule has 0 aromatic heterocycles. The molecule has 6 nitrogen and oxygen atoms in total. The van der Waals surface area contributed by atoms with Crippen LogP contribution in [0.3, 0.4) is 0 Å². The van der Waals surface area contributed by atoms with E-state index in [0.717, 1.165) is 23.4 Å². The van der Waals surface area contributed by atoms with E-state index >= 15 is 0 Å². The monoisotopic (exact) mass is 317 g/mol. The number of fused-ring (bicyclic) bond motifs is 1. The Morgan fingerprint density at radius 1 is 1.13 bits per heavy atom. The second-order valence-electron chi connectivity index (χ2n) is 5.75. The molecule has 0 bridgehead atoms. The summed E-state index contributed by atoms with van der Waals surface area (Å²) in [6, 6.07) is 4.30.